The molecule has 3 heterocycles. The number of nitrogens with zero attached hydrogens (tertiary/aromatic N) is 3. The van der Waals surface area contributed by atoms with Crippen LogP contribution in [-0.2, 0) is 9.59 Å². The van der Waals surface area contributed by atoms with Crippen molar-refractivity contribution in [2.24, 2.45) is 0 Å². The number of ether oxygens (including phenoxy) is 1. The number of benzene rings is 2. The Morgan fingerprint density at radius 1 is 1.15 bits per heavy atom. The number of hydrogen-bond acceptors (Lipinski definition) is 5. The summed E-state index contributed by atoms with van der Waals surface area (Å²) in [5, 5.41) is 3.47. The van der Waals surface area contributed by atoms with E-state index in [1.165, 1.54) is 0 Å². The molecule has 2 saturated heterocycles. The smallest absolute Gasteiger partial charge is 0.254 e. The molecule has 2 aromatic rings. The number of nitrogens with one attached hydrogen (secondary N) is 1. The molecule has 0 spiro atoms. The van der Waals surface area contributed by atoms with Gasteiger partial charge in [0.2, 0.25) is 11.8 Å². The zero-order valence-corrected chi connectivity index (χ0v) is 26.3. The van der Waals surface area contributed by atoms with E-state index in [9.17, 15) is 14.4 Å². The summed E-state index contributed by atoms with van der Waals surface area (Å²) in [6.45, 7) is 2.88. The van der Waals surface area contributed by atoms with Crippen LogP contribution in [0.5, 0.6) is 5.75 Å². The zero-order valence-electron chi connectivity index (χ0n) is 23.9. The third-order valence-electron chi connectivity index (χ3n) is 9.23. The van der Waals surface area contributed by atoms with Gasteiger partial charge in [0.1, 0.15) is 11.3 Å². The molecule has 0 aliphatic carbocycles. The van der Waals surface area contributed by atoms with E-state index in [1.54, 1.807) is 14.2 Å². The largest absolute Gasteiger partial charge is 0.497 e. The molecule has 1 N–H and O–H groups in total. The minimum atomic E-state index is -0.780. The second kappa shape index (κ2) is 12.3. The highest BCUT2D eigenvalue weighted by Gasteiger charge is 2.48. The molecule has 2 atom stereocenters. The number of piperidine rings is 2. The lowest BCUT2D eigenvalue weighted by molar-refractivity contribution is -0.153. The van der Waals surface area contributed by atoms with Crippen molar-refractivity contribution < 1.29 is 19.1 Å². The molecule has 0 radical (unpaired) electrons. The number of rotatable bonds is 8. The first kappa shape index (κ1) is 29.9. The molecule has 41 heavy (non-hydrogen) atoms. The number of amides is 3. The molecule has 8 nitrogen and oxygen atoms in total. The number of methoxy groups -OCH3 is 1. The van der Waals surface area contributed by atoms with Crippen LogP contribution in [0.1, 0.15) is 72.0 Å². The first-order chi connectivity index (χ1) is 19.7. The quantitative estimate of drug-likeness (QED) is 0.437. The highest BCUT2D eigenvalue weighted by molar-refractivity contribution is 9.10. The molecule has 3 amide bonds. The molecule has 0 unspecified atom stereocenters. The molecule has 2 fully saturated rings. The summed E-state index contributed by atoms with van der Waals surface area (Å²) in [5.41, 5.74) is 1.95. The van der Waals surface area contributed by atoms with Gasteiger partial charge < -0.3 is 24.8 Å². The van der Waals surface area contributed by atoms with Crippen LogP contribution in [0.25, 0.3) is 0 Å². The van der Waals surface area contributed by atoms with E-state index < -0.39 is 5.54 Å². The highest BCUT2D eigenvalue weighted by atomic mass is 79.9. The molecular weight excluding hydrogens is 608 g/mol. The van der Waals surface area contributed by atoms with Crippen molar-refractivity contribution in [2.75, 3.05) is 47.4 Å². The average Bonchev–Trinajstić information content (AvgIpc) is 3.23. The lowest BCUT2D eigenvalue weighted by atomic mass is 9.82. The SMILES string of the molecule is CNC(=O)C1(N2CCCCC2=O)CCN(CC[C@@H](c2ccc(Br)c(Cl)c2)[C@@H]2c3ccc(OC)cc3C(=O)N2C)CC1. The summed E-state index contributed by atoms with van der Waals surface area (Å²) in [6, 6.07) is 11.6. The minimum Gasteiger partial charge on any atom is -0.497 e. The fraction of sp³-hybridized carbons (Fsp3) is 0.516. The summed E-state index contributed by atoms with van der Waals surface area (Å²) in [6.07, 6.45) is 4.35. The van der Waals surface area contributed by atoms with E-state index in [-0.39, 0.29) is 29.7 Å². The van der Waals surface area contributed by atoms with Crippen LogP contribution in [0.2, 0.25) is 5.02 Å². The molecule has 10 heteroatoms. The van der Waals surface area contributed by atoms with Gasteiger partial charge >= 0.3 is 0 Å². The van der Waals surface area contributed by atoms with Gasteiger partial charge in [0, 0.05) is 56.1 Å². The van der Waals surface area contributed by atoms with Crippen molar-refractivity contribution in [3.8, 4) is 5.75 Å². The molecule has 3 aliphatic heterocycles. The molecular formula is C31H38BrClN4O4. The number of likely N-dealkylation sites (tertiary alicyclic amines) is 2. The van der Waals surface area contributed by atoms with Crippen LogP contribution in [0.3, 0.4) is 0 Å². The number of carbonyl (C=O) groups excluding carboxylic acids is 3. The number of likely N-dealkylation sites (N-methyl/N-ethyl adjacent to an activating group) is 2. The van der Waals surface area contributed by atoms with Crippen molar-refractivity contribution in [1.29, 1.82) is 0 Å². The van der Waals surface area contributed by atoms with Gasteiger partial charge in [-0.2, -0.15) is 0 Å². The molecule has 3 aliphatic rings. The predicted octanol–water partition coefficient (Wildman–Crippen LogP) is 5.00. The van der Waals surface area contributed by atoms with Crippen LogP contribution in [0, 0.1) is 0 Å². The van der Waals surface area contributed by atoms with Crippen LogP contribution in [0.4, 0.5) is 0 Å². The first-order valence-corrected chi connectivity index (χ1v) is 15.5. The maximum absolute atomic E-state index is 13.3. The second-order valence-electron chi connectivity index (χ2n) is 11.3. The number of halogens is 2. The Morgan fingerprint density at radius 2 is 1.90 bits per heavy atom. The minimum absolute atomic E-state index is 0.00140. The van der Waals surface area contributed by atoms with E-state index in [0.717, 1.165) is 54.5 Å². The molecule has 2 aromatic carbocycles. The van der Waals surface area contributed by atoms with Crippen molar-refractivity contribution in [2.45, 2.75) is 56.0 Å². The normalized spacial score (nSPS) is 21.5. The van der Waals surface area contributed by atoms with E-state index in [0.29, 0.717) is 42.1 Å². The lowest BCUT2D eigenvalue weighted by Crippen LogP contribution is -2.65. The summed E-state index contributed by atoms with van der Waals surface area (Å²) < 4.78 is 6.23. The second-order valence-corrected chi connectivity index (χ2v) is 12.6. The monoisotopic (exact) mass is 644 g/mol. The van der Waals surface area contributed by atoms with Crippen molar-refractivity contribution in [1.82, 2.24) is 20.0 Å². The Hall–Kier alpha value is -2.62. The Balaban J connectivity index is 1.38. The lowest BCUT2D eigenvalue weighted by Gasteiger charge is -2.48. The van der Waals surface area contributed by atoms with Crippen molar-refractivity contribution >= 4 is 45.3 Å². The van der Waals surface area contributed by atoms with Crippen LogP contribution in [0.15, 0.2) is 40.9 Å². The standard InChI is InChI=1S/C31H38BrClN4O4/c1-34-30(40)31(37-14-5-4-6-27(37)38)12-16-36(17-13-31)15-11-22(20-7-10-25(32)26(33)18-20)28-23-9-8-21(41-3)19-24(23)29(39)35(28)2/h7-10,18-19,22,28H,4-6,11-17H2,1-3H3,(H,34,40)/t22-,28+/m0/s1. The Bertz CT molecular complexity index is 1330. The Kier molecular flexibility index (Phi) is 8.97. The van der Waals surface area contributed by atoms with Gasteiger partial charge in [0.25, 0.3) is 5.91 Å². The molecule has 0 aromatic heterocycles. The first-order valence-electron chi connectivity index (χ1n) is 14.3. The maximum atomic E-state index is 13.3. The highest BCUT2D eigenvalue weighted by Crippen LogP contribution is 2.46. The number of hydrogen-bond donors (Lipinski definition) is 1. The van der Waals surface area contributed by atoms with Crippen LogP contribution >= 0.6 is 27.5 Å². The van der Waals surface area contributed by atoms with E-state index in [2.05, 4.69) is 32.2 Å². The fourth-order valence-electron chi connectivity index (χ4n) is 6.95. The van der Waals surface area contributed by atoms with Gasteiger partial charge in [0.15, 0.2) is 0 Å². The summed E-state index contributed by atoms with van der Waals surface area (Å²) in [7, 11) is 5.13. The Morgan fingerprint density at radius 3 is 2.56 bits per heavy atom. The van der Waals surface area contributed by atoms with Crippen molar-refractivity contribution in [3.63, 3.8) is 0 Å². The van der Waals surface area contributed by atoms with Gasteiger partial charge in [-0.05, 0) is 90.0 Å². The van der Waals surface area contributed by atoms with E-state index in [1.807, 2.05) is 47.2 Å². The summed E-state index contributed by atoms with van der Waals surface area (Å²) in [5.74, 6) is 0.669. The number of carbonyl (C=O) groups is 3. The third-order valence-corrected chi connectivity index (χ3v) is 10.5. The van der Waals surface area contributed by atoms with Gasteiger partial charge in [0.05, 0.1) is 18.2 Å². The molecule has 220 valence electrons. The van der Waals surface area contributed by atoms with E-state index >= 15 is 0 Å². The maximum Gasteiger partial charge on any atom is 0.254 e. The van der Waals surface area contributed by atoms with E-state index in [4.69, 9.17) is 16.3 Å². The Labute approximate surface area is 255 Å². The van der Waals surface area contributed by atoms with Crippen LogP contribution in [-0.4, -0.2) is 85.3 Å². The predicted molar refractivity (Wildman–Crippen MR) is 162 cm³/mol. The molecule has 0 saturated carbocycles. The molecule has 0 bridgehead atoms. The van der Waals surface area contributed by atoms with Gasteiger partial charge in [-0.1, -0.05) is 23.7 Å². The third kappa shape index (κ3) is 5.60. The fourth-order valence-corrected chi connectivity index (χ4v) is 7.38. The zero-order chi connectivity index (χ0) is 29.3. The van der Waals surface area contributed by atoms with Crippen LogP contribution < -0.4 is 10.1 Å². The summed E-state index contributed by atoms with van der Waals surface area (Å²) in [4.78, 5) is 45.4. The summed E-state index contributed by atoms with van der Waals surface area (Å²) >= 11 is 10.1. The van der Waals surface area contributed by atoms with Gasteiger partial charge in [-0.25, -0.2) is 0 Å². The van der Waals surface area contributed by atoms with Gasteiger partial charge in [-0.3, -0.25) is 14.4 Å². The topological polar surface area (TPSA) is 82.2 Å². The van der Waals surface area contributed by atoms with Gasteiger partial charge in [-0.15, -0.1) is 0 Å². The average molecular weight is 646 g/mol. The molecule has 5 rings (SSSR count). The number of fused-ring (bicyclic) bond motifs is 1. The van der Waals surface area contributed by atoms with Crippen molar-refractivity contribution in [3.05, 3.63) is 62.6 Å².